The molecule has 2 amide bonds. The molecule has 0 heterocycles. The second-order valence-electron chi connectivity index (χ2n) is 5.58. The largest absolute Gasteiger partial charge is 0.320 e. The van der Waals surface area contributed by atoms with Gasteiger partial charge in [0.15, 0.2) is 0 Å². The van der Waals surface area contributed by atoms with Crippen LogP contribution in [0, 0.1) is 0 Å². The number of anilines is 3. The predicted octanol–water partition coefficient (Wildman–Crippen LogP) is 3.73. The van der Waals surface area contributed by atoms with Gasteiger partial charge in [-0.05, 0) is 36.4 Å². The number of carbonyl (C=O) groups is 2. The van der Waals surface area contributed by atoms with Crippen molar-refractivity contribution < 1.29 is 9.59 Å². The molecule has 0 unspecified atom stereocenters. The van der Waals surface area contributed by atoms with E-state index in [2.05, 4.69) is 21.2 Å². The number of carbonyl (C=O) groups excluding carboxylic acids is 2. The quantitative estimate of drug-likeness (QED) is 0.357. The van der Waals surface area contributed by atoms with Gasteiger partial charge in [0.2, 0.25) is 5.71 Å². The highest BCUT2D eigenvalue weighted by molar-refractivity contribution is 6.69. The molecule has 3 aromatic carbocycles. The molecular formula is C21H18N4O2. The van der Waals surface area contributed by atoms with Crippen molar-refractivity contribution in [2.75, 3.05) is 16.1 Å². The lowest BCUT2D eigenvalue weighted by Crippen LogP contribution is -2.35. The van der Waals surface area contributed by atoms with Crippen LogP contribution in [0.2, 0.25) is 0 Å². The highest BCUT2D eigenvalue weighted by Gasteiger charge is 2.21. The summed E-state index contributed by atoms with van der Waals surface area (Å²) in [5.41, 5.74) is 4.26. The Morgan fingerprint density at radius 2 is 0.926 bits per heavy atom. The van der Waals surface area contributed by atoms with Crippen LogP contribution >= 0.6 is 0 Å². The van der Waals surface area contributed by atoms with Crippen LogP contribution in [-0.2, 0) is 9.59 Å². The smallest absolute Gasteiger partial charge is 0.281 e. The van der Waals surface area contributed by atoms with Gasteiger partial charge in [-0.3, -0.25) is 15.0 Å². The van der Waals surface area contributed by atoms with E-state index in [9.17, 15) is 9.59 Å². The van der Waals surface area contributed by atoms with E-state index in [1.54, 1.807) is 60.7 Å². The minimum atomic E-state index is -0.613. The lowest BCUT2D eigenvalue weighted by Gasteiger charge is -2.10. The van der Waals surface area contributed by atoms with Gasteiger partial charge in [0.1, 0.15) is 0 Å². The maximum atomic E-state index is 12.6. The summed E-state index contributed by atoms with van der Waals surface area (Å²) in [5, 5.41) is 9.38. The van der Waals surface area contributed by atoms with E-state index in [1.165, 1.54) is 0 Å². The third-order valence-electron chi connectivity index (χ3n) is 3.56. The van der Waals surface area contributed by atoms with Crippen LogP contribution in [-0.4, -0.2) is 17.5 Å². The summed E-state index contributed by atoms with van der Waals surface area (Å²) >= 11 is 0. The van der Waals surface area contributed by atoms with Crippen LogP contribution in [0.1, 0.15) is 0 Å². The summed E-state index contributed by atoms with van der Waals surface area (Å²) in [4.78, 5) is 25.2. The Morgan fingerprint density at radius 1 is 0.556 bits per heavy atom. The zero-order chi connectivity index (χ0) is 18.9. The Morgan fingerprint density at radius 3 is 1.33 bits per heavy atom. The van der Waals surface area contributed by atoms with E-state index in [4.69, 9.17) is 0 Å². The first kappa shape index (κ1) is 17.9. The average molecular weight is 358 g/mol. The van der Waals surface area contributed by atoms with Gasteiger partial charge in [-0.2, -0.15) is 5.10 Å². The number of hydrogen-bond donors (Lipinski definition) is 3. The van der Waals surface area contributed by atoms with Gasteiger partial charge in [-0.25, -0.2) is 0 Å². The normalized spacial score (nSPS) is 9.78. The van der Waals surface area contributed by atoms with Crippen molar-refractivity contribution in [2.24, 2.45) is 5.10 Å². The first-order valence-corrected chi connectivity index (χ1v) is 8.34. The molecule has 0 aromatic heterocycles. The first-order valence-electron chi connectivity index (χ1n) is 8.34. The van der Waals surface area contributed by atoms with Crippen LogP contribution in [0.5, 0.6) is 0 Å². The molecule has 6 nitrogen and oxygen atoms in total. The molecule has 0 atom stereocenters. The molecule has 0 saturated heterocycles. The molecule has 27 heavy (non-hydrogen) atoms. The summed E-state index contributed by atoms with van der Waals surface area (Å²) in [7, 11) is 0. The van der Waals surface area contributed by atoms with Crippen LogP contribution in [0.4, 0.5) is 17.1 Å². The molecule has 0 aliphatic rings. The van der Waals surface area contributed by atoms with Crippen molar-refractivity contribution >= 4 is 34.6 Å². The fourth-order valence-corrected chi connectivity index (χ4v) is 2.26. The number of nitrogens with zero attached hydrogens (tertiary/aromatic N) is 1. The molecule has 0 saturated carbocycles. The second kappa shape index (κ2) is 8.96. The summed E-state index contributed by atoms with van der Waals surface area (Å²) < 4.78 is 0. The van der Waals surface area contributed by atoms with E-state index < -0.39 is 11.8 Å². The number of nitrogens with one attached hydrogen (secondary N) is 3. The molecule has 134 valence electrons. The number of benzene rings is 3. The van der Waals surface area contributed by atoms with E-state index in [0.717, 1.165) is 0 Å². The van der Waals surface area contributed by atoms with E-state index in [-0.39, 0.29) is 5.71 Å². The summed E-state index contributed by atoms with van der Waals surface area (Å²) in [6, 6.07) is 26.8. The molecule has 0 radical (unpaired) electrons. The number of rotatable bonds is 6. The van der Waals surface area contributed by atoms with E-state index in [1.807, 2.05) is 30.3 Å². The van der Waals surface area contributed by atoms with Crippen LogP contribution in [0.25, 0.3) is 0 Å². The zero-order valence-electron chi connectivity index (χ0n) is 14.4. The highest BCUT2D eigenvalue weighted by atomic mass is 16.2. The molecule has 3 rings (SSSR count). The maximum absolute atomic E-state index is 12.6. The fraction of sp³-hybridized carbons (Fsp3) is 0. The van der Waals surface area contributed by atoms with Crippen LogP contribution in [0.3, 0.4) is 0 Å². The SMILES string of the molecule is O=C(Nc1ccccc1)C(=NNc1ccccc1)C(=O)Nc1ccccc1. The standard InChI is InChI=1S/C21H18N4O2/c26-20(22-16-10-4-1-5-11-16)19(25-24-18-14-8-3-9-15-18)21(27)23-17-12-6-2-7-13-17/h1-15,24H,(H,22,26)(H,23,27). The fourth-order valence-electron chi connectivity index (χ4n) is 2.26. The molecule has 3 aromatic rings. The summed E-state index contributed by atoms with van der Waals surface area (Å²) in [6.45, 7) is 0. The molecule has 3 N–H and O–H groups in total. The Kier molecular flexibility index (Phi) is 5.93. The van der Waals surface area contributed by atoms with Crippen molar-refractivity contribution in [2.45, 2.75) is 0 Å². The maximum Gasteiger partial charge on any atom is 0.281 e. The molecule has 6 heteroatoms. The third kappa shape index (κ3) is 5.27. The molecule has 0 spiro atoms. The topological polar surface area (TPSA) is 82.6 Å². The summed E-state index contributed by atoms with van der Waals surface area (Å²) in [6.07, 6.45) is 0. The molecule has 0 bridgehead atoms. The number of amides is 2. The van der Waals surface area contributed by atoms with Crippen LogP contribution < -0.4 is 16.1 Å². The molecule has 0 fully saturated rings. The van der Waals surface area contributed by atoms with Crippen molar-refractivity contribution in [1.82, 2.24) is 0 Å². The zero-order valence-corrected chi connectivity index (χ0v) is 14.4. The number of para-hydroxylation sites is 3. The average Bonchev–Trinajstić information content (AvgIpc) is 2.70. The van der Waals surface area contributed by atoms with Gasteiger partial charge in [0.05, 0.1) is 5.69 Å². The third-order valence-corrected chi connectivity index (χ3v) is 3.56. The first-order chi connectivity index (χ1) is 13.2. The van der Waals surface area contributed by atoms with Crippen molar-refractivity contribution in [3.05, 3.63) is 91.0 Å². The van der Waals surface area contributed by atoms with E-state index in [0.29, 0.717) is 17.1 Å². The Hall–Kier alpha value is -3.93. The minimum absolute atomic E-state index is 0.286. The van der Waals surface area contributed by atoms with Gasteiger partial charge in [0, 0.05) is 11.4 Å². The van der Waals surface area contributed by atoms with Crippen molar-refractivity contribution in [3.8, 4) is 0 Å². The predicted molar refractivity (Wildman–Crippen MR) is 108 cm³/mol. The molecule has 0 aliphatic carbocycles. The van der Waals surface area contributed by atoms with Gasteiger partial charge in [-0.1, -0.05) is 54.6 Å². The highest BCUT2D eigenvalue weighted by Crippen LogP contribution is 2.09. The number of hydrazone groups is 1. The van der Waals surface area contributed by atoms with Gasteiger partial charge >= 0.3 is 0 Å². The Bertz CT molecular complexity index is 871. The van der Waals surface area contributed by atoms with E-state index >= 15 is 0 Å². The summed E-state index contributed by atoms with van der Waals surface area (Å²) in [5.74, 6) is -1.23. The van der Waals surface area contributed by atoms with Gasteiger partial charge in [-0.15, -0.1) is 0 Å². The van der Waals surface area contributed by atoms with Gasteiger partial charge < -0.3 is 10.6 Å². The van der Waals surface area contributed by atoms with Crippen molar-refractivity contribution in [3.63, 3.8) is 0 Å². The second-order valence-corrected chi connectivity index (χ2v) is 5.58. The van der Waals surface area contributed by atoms with Crippen LogP contribution in [0.15, 0.2) is 96.1 Å². The Labute approximate surface area is 156 Å². The lowest BCUT2D eigenvalue weighted by atomic mass is 10.2. The van der Waals surface area contributed by atoms with Gasteiger partial charge in [0.25, 0.3) is 11.8 Å². The Balaban J connectivity index is 1.81. The molecular weight excluding hydrogens is 340 g/mol. The van der Waals surface area contributed by atoms with Crippen molar-refractivity contribution in [1.29, 1.82) is 0 Å². The lowest BCUT2D eigenvalue weighted by molar-refractivity contribution is -0.114. The monoisotopic (exact) mass is 358 g/mol. The molecule has 0 aliphatic heterocycles. The number of hydrogen-bond acceptors (Lipinski definition) is 4. The minimum Gasteiger partial charge on any atom is -0.320 e.